The topological polar surface area (TPSA) is 52.6 Å². The number of rotatable bonds is 8. The van der Waals surface area contributed by atoms with E-state index in [1.807, 2.05) is 32.0 Å². The number of carbonyl (C=O) groups is 2. The molecule has 0 atom stereocenters. The van der Waals surface area contributed by atoms with Gasteiger partial charge in [0.25, 0.3) is 0 Å². The van der Waals surface area contributed by atoms with E-state index in [0.717, 1.165) is 25.7 Å². The van der Waals surface area contributed by atoms with E-state index in [0.29, 0.717) is 13.2 Å². The van der Waals surface area contributed by atoms with Gasteiger partial charge < -0.3 is 9.47 Å². The van der Waals surface area contributed by atoms with E-state index in [4.69, 9.17) is 9.47 Å². The summed E-state index contributed by atoms with van der Waals surface area (Å²) in [5.41, 5.74) is 1.86. The third-order valence-corrected chi connectivity index (χ3v) is 3.77. The van der Waals surface area contributed by atoms with Crippen LogP contribution in [0.4, 0.5) is 0 Å². The van der Waals surface area contributed by atoms with Gasteiger partial charge in [-0.05, 0) is 31.9 Å². The Morgan fingerprint density at radius 1 is 0.704 bits per heavy atom. The Labute approximate surface area is 162 Å². The molecule has 0 heterocycles. The molecule has 0 N–H and O–H groups in total. The van der Waals surface area contributed by atoms with E-state index in [-0.39, 0.29) is 11.1 Å². The van der Waals surface area contributed by atoms with Crippen LogP contribution in [0.3, 0.4) is 0 Å². The smallest absolute Gasteiger partial charge is 0.339 e. The van der Waals surface area contributed by atoms with E-state index >= 15 is 0 Å². The Bertz CT molecular complexity index is 639. The normalized spacial score (nSPS) is 9.74. The molecule has 0 aromatic heterocycles. The summed E-state index contributed by atoms with van der Waals surface area (Å²) in [6.45, 7) is 6.86. The predicted octanol–water partition coefficient (Wildman–Crippen LogP) is 5.60. The standard InChI is InChI=1S/C16H22O4.C7H8/c1-3-5-11-19-15(17)13-9-7-8-10-14(13)16(18)20-12-6-4-2;1-7-5-3-2-4-6-7/h7-10H,3-6,11-12H2,1-2H3;2-6H,1H3. The fraction of sp³-hybridized carbons (Fsp3) is 0.391. The molecule has 4 nitrogen and oxygen atoms in total. The molecule has 2 aromatic carbocycles. The molecule has 0 saturated heterocycles. The summed E-state index contributed by atoms with van der Waals surface area (Å²) >= 11 is 0. The van der Waals surface area contributed by atoms with Gasteiger partial charge in [0.1, 0.15) is 0 Å². The fourth-order valence-corrected chi connectivity index (χ4v) is 2.15. The molecular formula is C23H30O4. The Balaban J connectivity index is 0.000000433. The molecule has 27 heavy (non-hydrogen) atoms. The van der Waals surface area contributed by atoms with Crippen molar-refractivity contribution >= 4 is 11.9 Å². The van der Waals surface area contributed by atoms with Crippen molar-refractivity contribution in [1.82, 2.24) is 0 Å². The fourth-order valence-electron chi connectivity index (χ4n) is 2.15. The molecule has 0 fully saturated rings. The lowest BCUT2D eigenvalue weighted by Crippen LogP contribution is -2.14. The Hall–Kier alpha value is -2.62. The third-order valence-electron chi connectivity index (χ3n) is 3.77. The zero-order valence-corrected chi connectivity index (χ0v) is 16.6. The van der Waals surface area contributed by atoms with Crippen molar-refractivity contribution in [2.24, 2.45) is 0 Å². The largest absolute Gasteiger partial charge is 0.462 e. The first-order valence-electron chi connectivity index (χ1n) is 9.55. The summed E-state index contributed by atoms with van der Waals surface area (Å²) in [4.78, 5) is 23.9. The quantitative estimate of drug-likeness (QED) is 0.448. The van der Waals surface area contributed by atoms with Crippen molar-refractivity contribution in [3.8, 4) is 0 Å². The minimum absolute atomic E-state index is 0.269. The van der Waals surface area contributed by atoms with Gasteiger partial charge in [-0.1, -0.05) is 74.7 Å². The van der Waals surface area contributed by atoms with Crippen molar-refractivity contribution in [2.45, 2.75) is 46.5 Å². The molecule has 0 bridgehead atoms. The lowest BCUT2D eigenvalue weighted by atomic mass is 10.1. The molecule has 0 saturated carbocycles. The van der Waals surface area contributed by atoms with Crippen LogP contribution in [0.2, 0.25) is 0 Å². The molecule has 0 unspecified atom stereocenters. The molecule has 2 aromatic rings. The Morgan fingerprint density at radius 3 is 1.44 bits per heavy atom. The summed E-state index contributed by atoms with van der Waals surface area (Å²) in [6, 6.07) is 16.9. The van der Waals surface area contributed by atoms with Gasteiger partial charge in [-0.25, -0.2) is 9.59 Å². The van der Waals surface area contributed by atoms with Crippen LogP contribution in [-0.2, 0) is 9.47 Å². The highest BCUT2D eigenvalue weighted by atomic mass is 16.5. The number of unbranched alkanes of at least 4 members (excludes halogenated alkanes) is 2. The van der Waals surface area contributed by atoms with Crippen molar-refractivity contribution in [1.29, 1.82) is 0 Å². The number of esters is 2. The molecule has 0 aliphatic heterocycles. The summed E-state index contributed by atoms with van der Waals surface area (Å²) in [7, 11) is 0. The molecule has 0 spiro atoms. The number of ether oxygens (including phenoxy) is 2. The van der Waals surface area contributed by atoms with Crippen LogP contribution in [0.1, 0.15) is 65.8 Å². The second-order valence-corrected chi connectivity index (χ2v) is 6.18. The molecule has 0 aliphatic rings. The van der Waals surface area contributed by atoms with E-state index in [1.54, 1.807) is 24.3 Å². The van der Waals surface area contributed by atoms with Gasteiger partial charge in [-0.3, -0.25) is 0 Å². The van der Waals surface area contributed by atoms with Crippen LogP contribution in [-0.4, -0.2) is 25.2 Å². The monoisotopic (exact) mass is 370 g/mol. The van der Waals surface area contributed by atoms with E-state index < -0.39 is 11.9 Å². The number of aryl methyl sites for hydroxylation is 1. The predicted molar refractivity (Wildman–Crippen MR) is 108 cm³/mol. The molecule has 0 radical (unpaired) electrons. The maximum absolute atomic E-state index is 11.9. The summed E-state index contributed by atoms with van der Waals surface area (Å²) in [5.74, 6) is -0.942. The van der Waals surface area contributed by atoms with Crippen molar-refractivity contribution in [2.75, 3.05) is 13.2 Å². The van der Waals surface area contributed by atoms with Crippen molar-refractivity contribution in [3.63, 3.8) is 0 Å². The van der Waals surface area contributed by atoms with Crippen molar-refractivity contribution in [3.05, 3.63) is 71.3 Å². The summed E-state index contributed by atoms with van der Waals surface area (Å²) < 4.78 is 10.3. The van der Waals surface area contributed by atoms with Gasteiger partial charge in [0, 0.05) is 0 Å². The van der Waals surface area contributed by atoms with E-state index in [2.05, 4.69) is 19.1 Å². The maximum Gasteiger partial charge on any atom is 0.339 e. The first kappa shape index (κ1) is 22.4. The first-order valence-corrected chi connectivity index (χ1v) is 9.55. The molecule has 146 valence electrons. The highest BCUT2D eigenvalue weighted by Gasteiger charge is 2.18. The van der Waals surface area contributed by atoms with Crippen molar-refractivity contribution < 1.29 is 19.1 Å². The molecule has 0 amide bonds. The second-order valence-electron chi connectivity index (χ2n) is 6.18. The number of benzene rings is 2. The Morgan fingerprint density at radius 2 is 1.11 bits per heavy atom. The van der Waals surface area contributed by atoms with Gasteiger partial charge in [0.15, 0.2) is 0 Å². The first-order chi connectivity index (χ1) is 13.1. The summed E-state index contributed by atoms with van der Waals surface area (Å²) in [6.07, 6.45) is 3.53. The lowest BCUT2D eigenvalue weighted by Gasteiger charge is -2.09. The van der Waals surface area contributed by atoms with Gasteiger partial charge >= 0.3 is 11.9 Å². The lowest BCUT2D eigenvalue weighted by molar-refractivity contribution is 0.0452. The number of hydrogen-bond acceptors (Lipinski definition) is 4. The van der Waals surface area contributed by atoms with Gasteiger partial charge in [-0.15, -0.1) is 0 Å². The highest BCUT2D eigenvalue weighted by molar-refractivity contribution is 6.03. The van der Waals surface area contributed by atoms with Crippen LogP contribution in [0, 0.1) is 6.92 Å². The minimum atomic E-state index is -0.471. The van der Waals surface area contributed by atoms with Crippen LogP contribution in [0.5, 0.6) is 0 Å². The zero-order valence-electron chi connectivity index (χ0n) is 16.6. The molecule has 2 rings (SSSR count). The average molecular weight is 370 g/mol. The van der Waals surface area contributed by atoms with Crippen LogP contribution in [0.25, 0.3) is 0 Å². The summed E-state index contributed by atoms with van der Waals surface area (Å²) in [5, 5.41) is 0. The van der Waals surface area contributed by atoms with E-state index in [1.165, 1.54) is 5.56 Å². The van der Waals surface area contributed by atoms with Gasteiger partial charge in [0.2, 0.25) is 0 Å². The highest BCUT2D eigenvalue weighted by Crippen LogP contribution is 2.12. The number of hydrogen-bond donors (Lipinski definition) is 0. The maximum atomic E-state index is 11.9. The molecular weight excluding hydrogens is 340 g/mol. The van der Waals surface area contributed by atoms with Gasteiger partial charge in [-0.2, -0.15) is 0 Å². The zero-order chi connectivity index (χ0) is 19.9. The minimum Gasteiger partial charge on any atom is -0.462 e. The van der Waals surface area contributed by atoms with Crippen LogP contribution >= 0.6 is 0 Å². The van der Waals surface area contributed by atoms with Crippen LogP contribution < -0.4 is 0 Å². The average Bonchev–Trinajstić information content (AvgIpc) is 2.69. The molecule has 4 heteroatoms. The Kier molecular flexibility index (Phi) is 11.3. The SMILES string of the molecule is CCCCOC(=O)c1ccccc1C(=O)OCCCC.Cc1ccccc1. The van der Waals surface area contributed by atoms with Crippen LogP contribution in [0.15, 0.2) is 54.6 Å². The number of carbonyl (C=O) groups excluding carboxylic acids is 2. The van der Waals surface area contributed by atoms with E-state index in [9.17, 15) is 9.59 Å². The third kappa shape index (κ3) is 9.04. The van der Waals surface area contributed by atoms with Gasteiger partial charge in [0.05, 0.1) is 24.3 Å². The second kappa shape index (κ2) is 13.6. The molecule has 0 aliphatic carbocycles.